The van der Waals surface area contributed by atoms with Crippen molar-refractivity contribution in [2.45, 2.75) is 54.0 Å². The molecule has 0 aromatic rings. The van der Waals surface area contributed by atoms with Crippen LogP contribution in [0.5, 0.6) is 0 Å². The van der Waals surface area contributed by atoms with Crippen LogP contribution in [0, 0.1) is 17.8 Å². The monoisotopic (exact) mass is 242 g/mol. The number of nitrogens with zero attached hydrogens (tertiary/aromatic N) is 1. The lowest BCUT2D eigenvalue weighted by Crippen LogP contribution is -2.44. The molecule has 0 heterocycles. The SMILES string of the molecule is CC(C)CCN(C)C(CNCC(C)C)C(C)C. The van der Waals surface area contributed by atoms with Crippen LogP contribution in [-0.4, -0.2) is 37.6 Å². The summed E-state index contributed by atoms with van der Waals surface area (Å²) in [4.78, 5) is 2.53. The van der Waals surface area contributed by atoms with Crippen LogP contribution >= 0.6 is 0 Å². The molecule has 0 saturated carbocycles. The van der Waals surface area contributed by atoms with Crippen molar-refractivity contribution < 1.29 is 0 Å². The molecule has 1 atom stereocenters. The Bertz CT molecular complexity index is 176. The molecule has 0 saturated heterocycles. The molecular weight excluding hydrogens is 208 g/mol. The third-order valence-corrected chi connectivity index (χ3v) is 3.30. The number of rotatable bonds is 9. The molecule has 0 aliphatic rings. The molecule has 0 rings (SSSR count). The zero-order valence-electron chi connectivity index (χ0n) is 13.1. The number of nitrogens with one attached hydrogen (secondary N) is 1. The van der Waals surface area contributed by atoms with Gasteiger partial charge in [0.2, 0.25) is 0 Å². The highest BCUT2D eigenvalue weighted by Crippen LogP contribution is 2.11. The Morgan fingerprint density at radius 2 is 1.47 bits per heavy atom. The molecule has 104 valence electrons. The minimum atomic E-state index is 0.660. The second kappa shape index (κ2) is 8.93. The van der Waals surface area contributed by atoms with Crippen molar-refractivity contribution in [3.8, 4) is 0 Å². The van der Waals surface area contributed by atoms with Crippen molar-refractivity contribution in [3.05, 3.63) is 0 Å². The van der Waals surface area contributed by atoms with Crippen LogP contribution in [-0.2, 0) is 0 Å². The topological polar surface area (TPSA) is 15.3 Å². The third-order valence-electron chi connectivity index (χ3n) is 3.30. The fraction of sp³-hybridized carbons (Fsp3) is 1.00. The molecule has 2 nitrogen and oxygen atoms in total. The van der Waals surface area contributed by atoms with Crippen molar-refractivity contribution in [2.75, 3.05) is 26.7 Å². The molecule has 1 unspecified atom stereocenters. The molecule has 0 aromatic carbocycles. The summed E-state index contributed by atoms with van der Waals surface area (Å²) in [5, 5.41) is 3.59. The standard InChI is InChI=1S/C15H34N2/c1-12(2)8-9-17(7)15(14(5)6)11-16-10-13(3)4/h12-16H,8-11H2,1-7H3. The summed E-state index contributed by atoms with van der Waals surface area (Å²) >= 11 is 0. The summed E-state index contributed by atoms with van der Waals surface area (Å²) in [7, 11) is 2.27. The quantitative estimate of drug-likeness (QED) is 0.668. The van der Waals surface area contributed by atoms with Gasteiger partial charge in [-0.2, -0.15) is 0 Å². The molecule has 0 aliphatic carbocycles. The molecule has 0 spiro atoms. The Labute approximate surface area is 109 Å². The Morgan fingerprint density at radius 3 is 1.88 bits per heavy atom. The van der Waals surface area contributed by atoms with Gasteiger partial charge in [0.05, 0.1) is 0 Å². The van der Waals surface area contributed by atoms with Gasteiger partial charge >= 0.3 is 0 Å². The van der Waals surface area contributed by atoms with Crippen molar-refractivity contribution in [2.24, 2.45) is 17.8 Å². The lowest BCUT2D eigenvalue weighted by Gasteiger charge is -2.32. The van der Waals surface area contributed by atoms with Gasteiger partial charge in [0, 0.05) is 12.6 Å². The number of hydrogen-bond donors (Lipinski definition) is 1. The van der Waals surface area contributed by atoms with Crippen molar-refractivity contribution in [3.63, 3.8) is 0 Å². The van der Waals surface area contributed by atoms with Gasteiger partial charge in [-0.3, -0.25) is 0 Å². The van der Waals surface area contributed by atoms with E-state index in [1.165, 1.54) is 13.0 Å². The Hall–Kier alpha value is -0.0800. The van der Waals surface area contributed by atoms with Gasteiger partial charge in [-0.25, -0.2) is 0 Å². The van der Waals surface area contributed by atoms with Crippen LogP contribution in [0.3, 0.4) is 0 Å². The van der Waals surface area contributed by atoms with Crippen LogP contribution < -0.4 is 5.32 Å². The predicted octanol–water partition coefficient (Wildman–Crippen LogP) is 3.23. The number of likely N-dealkylation sites (N-methyl/N-ethyl adjacent to an activating group) is 1. The first-order valence-electron chi connectivity index (χ1n) is 7.25. The lowest BCUT2D eigenvalue weighted by atomic mass is 10.0. The summed E-state index contributed by atoms with van der Waals surface area (Å²) in [5.74, 6) is 2.25. The molecule has 17 heavy (non-hydrogen) atoms. The van der Waals surface area contributed by atoms with Crippen LogP contribution in [0.15, 0.2) is 0 Å². The molecule has 0 aromatic heterocycles. The van der Waals surface area contributed by atoms with Crippen LogP contribution in [0.1, 0.15) is 48.0 Å². The fourth-order valence-electron chi connectivity index (χ4n) is 2.05. The maximum atomic E-state index is 3.59. The van der Waals surface area contributed by atoms with E-state index in [1.807, 2.05) is 0 Å². The second-order valence-corrected chi connectivity index (χ2v) is 6.53. The van der Waals surface area contributed by atoms with Crippen molar-refractivity contribution in [1.82, 2.24) is 10.2 Å². The number of hydrogen-bond acceptors (Lipinski definition) is 2. The van der Waals surface area contributed by atoms with Gasteiger partial charge < -0.3 is 10.2 Å². The van der Waals surface area contributed by atoms with Crippen molar-refractivity contribution in [1.29, 1.82) is 0 Å². The molecule has 0 fully saturated rings. The summed E-state index contributed by atoms with van der Waals surface area (Å²) in [6.45, 7) is 17.2. The van der Waals surface area contributed by atoms with Gasteiger partial charge in [-0.1, -0.05) is 41.5 Å². The van der Waals surface area contributed by atoms with E-state index in [-0.39, 0.29) is 0 Å². The van der Waals surface area contributed by atoms with E-state index in [4.69, 9.17) is 0 Å². The van der Waals surface area contributed by atoms with Gasteiger partial charge in [-0.15, -0.1) is 0 Å². The maximum Gasteiger partial charge on any atom is 0.0240 e. The van der Waals surface area contributed by atoms with Gasteiger partial charge in [-0.05, 0) is 44.3 Å². The zero-order chi connectivity index (χ0) is 13.4. The van der Waals surface area contributed by atoms with E-state index in [0.717, 1.165) is 24.9 Å². The van der Waals surface area contributed by atoms with Gasteiger partial charge in [0.15, 0.2) is 0 Å². The van der Waals surface area contributed by atoms with E-state index in [2.05, 4.69) is 58.8 Å². The minimum absolute atomic E-state index is 0.660. The first-order chi connectivity index (χ1) is 7.84. The summed E-state index contributed by atoms with van der Waals surface area (Å²) < 4.78 is 0. The summed E-state index contributed by atoms with van der Waals surface area (Å²) in [6, 6.07) is 0.660. The van der Waals surface area contributed by atoms with E-state index in [9.17, 15) is 0 Å². The summed E-state index contributed by atoms with van der Waals surface area (Å²) in [6.07, 6.45) is 1.30. The molecule has 0 bridgehead atoms. The molecule has 0 aliphatic heterocycles. The Morgan fingerprint density at radius 1 is 0.882 bits per heavy atom. The molecular formula is C15H34N2. The zero-order valence-corrected chi connectivity index (χ0v) is 13.1. The molecule has 0 amide bonds. The van der Waals surface area contributed by atoms with Crippen LogP contribution in [0.25, 0.3) is 0 Å². The highest BCUT2D eigenvalue weighted by Gasteiger charge is 2.18. The van der Waals surface area contributed by atoms with E-state index >= 15 is 0 Å². The Kier molecular flexibility index (Phi) is 8.89. The fourth-order valence-corrected chi connectivity index (χ4v) is 2.05. The lowest BCUT2D eigenvalue weighted by molar-refractivity contribution is 0.178. The molecule has 1 N–H and O–H groups in total. The minimum Gasteiger partial charge on any atom is -0.315 e. The van der Waals surface area contributed by atoms with Crippen LogP contribution in [0.2, 0.25) is 0 Å². The molecule has 0 radical (unpaired) electrons. The van der Waals surface area contributed by atoms with Gasteiger partial charge in [0.1, 0.15) is 0 Å². The summed E-state index contributed by atoms with van der Waals surface area (Å²) in [5.41, 5.74) is 0. The average molecular weight is 242 g/mol. The molecule has 2 heteroatoms. The average Bonchev–Trinajstić information content (AvgIpc) is 2.20. The highest BCUT2D eigenvalue weighted by molar-refractivity contribution is 4.75. The normalized spacial score (nSPS) is 14.3. The van der Waals surface area contributed by atoms with E-state index in [0.29, 0.717) is 12.0 Å². The first kappa shape index (κ1) is 16.9. The van der Waals surface area contributed by atoms with Crippen LogP contribution in [0.4, 0.5) is 0 Å². The maximum absolute atomic E-state index is 3.59. The van der Waals surface area contributed by atoms with E-state index in [1.54, 1.807) is 0 Å². The second-order valence-electron chi connectivity index (χ2n) is 6.53. The van der Waals surface area contributed by atoms with Gasteiger partial charge in [0.25, 0.3) is 0 Å². The smallest absolute Gasteiger partial charge is 0.0240 e. The van der Waals surface area contributed by atoms with E-state index < -0.39 is 0 Å². The highest BCUT2D eigenvalue weighted by atomic mass is 15.1. The van der Waals surface area contributed by atoms with Crippen molar-refractivity contribution >= 4 is 0 Å². The Balaban J connectivity index is 4.03. The third kappa shape index (κ3) is 8.62. The first-order valence-corrected chi connectivity index (χ1v) is 7.25. The predicted molar refractivity (Wildman–Crippen MR) is 78.4 cm³/mol. The largest absolute Gasteiger partial charge is 0.315 e.